The third kappa shape index (κ3) is 8.74. The maximum Gasteiger partial charge on any atom is 0.256 e. The van der Waals surface area contributed by atoms with Crippen LogP contribution in [0.5, 0.6) is 0 Å². The summed E-state index contributed by atoms with van der Waals surface area (Å²) in [7, 11) is -3.21. The molecule has 2 aliphatic heterocycles. The Labute approximate surface area is 263 Å². The van der Waals surface area contributed by atoms with E-state index in [0.29, 0.717) is 25.1 Å². The van der Waals surface area contributed by atoms with Crippen LogP contribution in [0.4, 0.5) is 9.80 Å². The standard InChI is InChI=1S/C32H45FN2O9Si/c1-19-23(14-11-20-9-12-22(13-10-20)34-31(41)29-27(39)26(38)28(40)32(42)44-29)43-24(30(19)45(2,3)33)17-25(37)35(15-16-36)18-21-7-5-4-6-8-21/h4-10,12-13,19,23-24,26-30,32,36,38-40,42H,11,14-18H2,1-3H3,(H,34,41)/t19-,23+,24-,26-,27-,28+,29-,30+,32+/m0/s1. The van der Waals surface area contributed by atoms with Gasteiger partial charge in [0.25, 0.3) is 5.91 Å². The molecule has 4 rings (SSSR count). The molecular weight excluding hydrogens is 603 g/mol. The number of aliphatic hydroxyl groups is 5. The second-order valence-corrected chi connectivity index (χ2v) is 16.3. The molecule has 2 fully saturated rings. The van der Waals surface area contributed by atoms with Crippen LogP contribution in [0.1, 0.15) is 30.9 Å². The van der Waals surface area contributed by atoms with Crippen molar-refractivity contribution in [3.05, 3.63) is 65.7 Å². The normalized spacial score (nSPS) is 30.2. The number of nitrogens with zero attached hydrogens (tertiary/aromatic N) is 1. The number of hydrogen-bond donors (Lipinski definition) is 6. The predicted molar refractivity (Wildman–Crippen MR) is 166 cm³/mol. The number of nitrogens with one attached hydrogen (secondary N) is 1. The maximum atomic E-state index is 15.6. The van der Waals surface area contributed by atoms with Crippen LogP contribution < -0.4 is 5.32 Å². The van der Waals surface area contributed by atoms with Crippen molar-refractivity contribution in [2.45, 2.75) is 94.3 Å². The number of rotatable bonds is 12. The minimum atomic E-state index is -3.21. The molecule has 0 saturated carbocycles. The van der Waals surface area contributed by atoms with Crippen molar-refractivity contribution in [1.82, 2.24) is 4.90 Å². The number of carbonyl (C=O) groups excluding carboxylic acids is 2. The number of benzene rings is 2. The zero-order valence-corrected chi connectivity index (χ0v) is 26.8. The van der Waals surface area contributed by atoms with Crippen LogP contribution in [0.3, 0.4) is 0 Å². The molecule has 0 aromatic heterocycles. The Morgan fingerprint density at radius 3 is 2.20 bits per heavy atom. The molecule has 11 nitrogen and oxygen atoms in total. The largest absolute Gasteiger partial charge is 0.395 e. The van der Waals surface area contributed by atoms with Gasteiger partial charge in [0.2, 0.25) is 14.3 Å². The lowest BCUT2D eigenvalue weighted by Gasteiger charge is -2.37. The number of anilines is 1. The fourth-order valence-electron chi connectivity index (χ4n) is 6.45. The molecule has 2 amide bonds. The summed E-state index contributed by atoms with van der Waals surface area (Å²) in [5.74, 6) is -1.07. The van der Waals surface area contributed by atoms with Crippen LogP contribution in [0, 0.1) is 5.92 Å². The molecule has 2 aliphatic rings. The first-order chi connectivity index (χ1) is 21.3. The highest BCUT2D eigenvalue weighted by molar-refractivity contribution is 6.72. The summed E-state index contributed by atoms with van der Waals surface area (Å²) >= 11 is 0. The van der Waals surface area contributed by atoms with E-state index >= 15 is 4.11 Å². The highest BCUT2D eigenvalue weighted by Gasteiger charge is 2.51. The zero-order chi connectivity index (χ0) is 32.9. The second-order valence-electron chi connectivity index (χ2n) is 12.5. The minimum absolute atomic E-state index is 0.0412. The number of aliphatic hydroxyl groups excluding tert-OH is 5. The Hall–Kier alpha value is -2.75. The molecule has 0 bridgehead atoms. The van der Waals surface area contributed by atoms with Crippen molar-refractivity contribution in [3.8, 4) is 0 Å². The molecule has 2 aromatic carbocycles. The number of amides is 2. The van der Waals surface area contributed by atoms with E-state index in [-0.39, 0.29) is 43.0 Å². The summed E-state index contributed by atoms with van der Waals surface area (Å²) in [5.41, 5.74) is 1.91. The molecule has 6 N–H and O–H groups in total. The van der Waals surface area contributed by atoms with Gasteiger partial charge < -0.3 is 49.3 Å². The van der Waals surface area contributed by atoms with Crippen LogP contribution in [0.25, 0.3) is 0 Å². The van der Waals surface area contributed by atoms with Gasteiger partial charge in [-0.3, -0.25) is 9.59 Å². The molecule has 0 unspecified atom stereocenters. The number of hydrogen-bond acceptors (Lipinski definition) is 9. The van der Waals surface area contributed by atoms with E-state index in [9.17, 15) is 35.1 Å². The summed E-state index contributed by atoms with van der Waals surface area (Å²) in [6.07, 6.45) is -8.18. The smallest absolute Gasteiger partial charge is 0.256 e. The van der Waals surface area contributed by atoms with Crippen molar-refractivity contribution < 1.29 is 48.7 Å². The summed E-state index contributed by atoms with van der Waals surface area (Å²) in [6, 6.07) is 16.5. The highest BCUT2D eigenvalue weighted by atomic mass is 28.4. The van der Waals surface area contributed by atoms with E-state index in [2.05, 4.69) is 5.32 Å². The topological polar surface area (TPSA) is 169 Å². The molecular formula is C32H45FN2O9Si. The lowest BCUT2D eigenvalue weighted by atomic mass is 9.95. The van der Waals surface area contributed by atoms with E-state index in [1.54, 1.807) is 30.1 Å². The van der Waals surface area contributed by atoms with Crippen LogP contribution in [-0.4, -0.2) is 107 Å². The van der Waals surface area contributed by atoms with Crippen molar-refractivity contribution in [2.75, 3.05) is 18.5 Å². The summed E-state index contributed by atoms with van der Waals surface area (Å²) in [4.78, 5) is 27.6. The van der Waals surface area contributed by atoms with E-state index in [0.717, 1.165) is 11.1 Å². The minimum Gasteiger partial charge on any atom is -0.395 e. The Balaban J connectivity index is 1.35. The fraction of sp³-hybridized carbons (Fsp3) is 0.562. The second kappa shape index (κ2) is 15.2. The van der Waals surface area contributed by atoms with Gasteiger partial charge in [0.15, 0.2) is 12.4 Å². The molecule has 0 radical (unpaired) electrons. The third-order valence-corrected chi connectivity index (χ3v) is 11.3. The maximum absolute atomic E-state index is 15.6. The van der Waals surface area contributed by atoms with E-state index in [1.165, 1.54) is 0 Å². The molecule has 2 heterocycles. The van der Waals surface area contributed by atoms with E-state index in [1.807, 2.05) is 49.4 Å². The van der Waals surface area contributed by atoms with E-state index < -0.39 is 51.1 Å². The number of carbonyl (C=O) groups is 2. The molecule has 248 valence electrons. The number of ether oxygens (including phenoxy) is 2. The van der Waals surface area contributed by atoms with Gasteiger partial charge in [-0.2, -0.15) is 0 Å². The summed E-state index contributed by atoms with van der Waals surface area (Å²) in [5, 5.41) is 51.4. The van der Waals surface area contributed by atoms with Gasteiger partial charge in [-0.1, -0.05) is 49.4 Å². The van der Waals surface area contributed by atoms with Crippen LogP contribution >= 0.6 is 0 Å². The SMILES string of the molecule is C[C@@H]1[C@@H]([Si](C)(C)F)[C@H](CC(=O)N(CCO)Cc2ccccc2)O[C@@H]1CCc1ccc(NC(=O)[C@H]2O[C@@H](O)[C@H](O)[C@@H](O)[C@@H]2O)cc1. The van der Waals surface area contributed by atoms with Gasteiger partial charge in [-0.05, 0) is 55.1 Å². The van der Waals surface area contributed by atoms with Crippen LogP contribution in [0.2, 0.25) is 18.6 Å². The number of aryl methyl sites for hydroxylation is 1. The Kier molecular flexibility index (Phi) is 11.9. The van der Waals surface area contributed by atoms with Gasteiger partial charge in [0.05, 0.1) is 25.2 Å². The molecule has 0 aliphatic carbocycles. The van der Waals surface area contributed by atoms with Crippen molar-refractivity contribution in [1.29, 1.82) is 0 Å². The molecule has 45 heavy (non-hydrogen) atoms. The first-order valence-electron chi connectivity index (χ1n) is 15.3. The van der Waals surface area contributed by atoms with Crippen LogP contribution in [0.15, 0.2) is 54.6 Å². The van der Waals surface area contributed by atoms with Gasteiger partial charge in [0.1, 0.15) is 18.3 Å². The monoisotopic (exact) mass is 648 g/mol. The van der Waals surface area contributed by atoms with Crippen molar-refractivity contribution in [2.24, 2.45) is 5.92 Å². The number of halogens is 1. The Morgan fingerprint density at radius 2 is 1.58 bits per heavy atom. The van der Waals surface area contributed by atoms with Crippen molar-refractivity contribution in [3.63, 3.8) is 0 Å². The molecule has 2 aromatic rings. The summed E-state index contributed by atoms with van der Waals surface area (Å²) < 4.78 is 27.0. The van der Waals surface area contributed by atoms with Gasteiger partial charge in [0, 0.05) is 24.3 Å². The molecule has 9 atom stereocenters. The average Bonchev–Trinajstić information content (AvgIpc) is 3.32. The van der Waals surface area contributed by atoms with Gasteiger partial charge >= 0.3 is 0 Å². The van der Waals surface area contributed by atoms with E-state index in [4.69, 9.17) is 9.47 Å². The van der Waals surface area contributed by atoms with Gasteiger partial charge in [-0.25, -0.2) is 0 Å². The Bertz CT molecular complexity index is 1270. The van der Waals surface area contributed by atoms with Crippen LogP contribution in [-0.2, 0) is 32.0 Å². The third-order valence-electron chi connectivity index (χ3n) is 8.80. The summed E-state index contributed by atoms with van der Waals surface area (Å²) in [6.45, 7) is 5.65. The highest BCUT2D eigenvalue weighted by Crippen LogP contribution is 2.47. The lowest BCUT2D eigenvalue weighted by Crippen LogP contribution is -2.60. The van der Waals surface area contributed by atoms with Crippen molar-refractivity contribution >= 4 is 25.9 Å². The molecule has 13 heteroatoms. The quantitative estimate of drug-likeness (QED) is 0.148. The lowest BCUT2D eigenvalue weighted by molar-refractivity contribution is -0.274. The predicted octanol–water partition coefficient (Wildman–Crippen LogP) is 1.72. The van der Waals surface area contributed by atoms with Gasteiger partial charge in [-0.15, -0.1) is 0 Å². The first kappa shape index (κ1) is 35.1. The fourth-order valence-corrected chi connectivity index (χ4v) is 8.99. The Morgan fingerprint density at radius 1 is 0.911 bits per heavy atom. The molecule has 2 saturated heterocycles. The average molecular weight is 649 g/mol. The first-order valence-corrected chi connectivity index (χ1v) is 18.3. The zero-order valence-electron chi connectivity index (χ0n) is 25.8. The molecule has 0 spiro atoms.